The number of thioether (sulfide) groups is 1. The van der Waals surface area contributed by atoms with Gasteiger partial charge in [-0.1, -0.05) is 15.9 Å². The van der Waals surface area contributed by atoms with Crippen LogP contribution < -0.4 is 5.32 Å². The minimum atomic E-state index is 0.222. The summed E-state index contributed by atoms with van der Waals surface area (Å²) in [7, 11) is 0. The molecule has 1 N–H and O–H groups in total. The van der Waals surface area contributed by atoms with Gasteiger partial charge in [-0.2, -0.15) is 0 Å². The van der Waals surface area contributed by atoms with Crippen LogP contribution in [-0.2, 0) is 0 Å². The van der Waals surface area contributed by atoms with E-state index in [1.807, 2.05) is 11.8 Å². The molecule has 0 aliphatic rings. The predicted molar refractivity (Wildman–Crippen MR) is 72.6 cm³/mol. The Labute approximate surface area is 105 Å². The first-order chi connectivity index (χ1) is 6.97. The van der Waals surface area contributed by atoms with E-state index in [0.717, 1.165) is 16.8 Å². The third kappa shape index (κ3) is 6.23. The Morgan fingerprint density at radius 2 is 1.80 bits per heavy atom. The lowest BCUT2D eigenvalue weighted by molar-refractivity contribution is 0.441. The van der Waals surface area contributed by atoms with Crippen molar-refractivity contribution in [1.29, 1.82) is 0 Å². The van der Waals surface area contributed by atoms with Gasteiger partial charge in [-0.25, -0.2) is 0 Å². The Kier molecular flexibility index (Phi) is 5.16. The fourth-order valence-corrected chi connectivity index (χ4v) is 2.16. The minimum Gasteiger partial charge on any atom is -0.311 e. The summed E-state index contributed by atoms with van der Waals surface area (Å²) in [4.78, 5) is 1.33. The third-order valence-corrected chi connectivity index (χ3v) is 3.38. The Balaban J connectivity index is 2.23. The van der Waals surface area contributed by atoms with Gasteiger partial charge in [-0.3, -0.25) is 0 Å². The zero-order chi connectivity index (χ0) is 11.3. The number of hydrogen-bond acceptors (Lipinski definition) is 2. The number of benzene rings is 1. The Hall–Kier alpha value is 0.01000. The molecule has 0 aromatic heterocycles. The summed E-state index contributed by atoms with van der Waals surface area (Å²) in [6, 6.07) is 8.46. The van der Waals surface area contributed by atoms with Crippen molar-refractivity contribution in [2.75, 3.05) is 12.3 Å². The van der Waals surface area contributed by atoms with Crippen LogP contribution in [0.1, 0.15) is 20.8 Å². The van der Waals surface area contributed by atoms with Gasteiger partial charge in [-0.05, 0) is 45.0 Å². The molecule has 3 heteroatoms. The lowest BCUT2D eigenvalue weighted by atomic mass is 10.1. The second-order valence-electron chi connectivity index (χ2n) is 4.48. The van der Waals surface area contributed by atoms with Crippen molar-refractivity contribution in [1.82, 2.24) is 5.32 Å². The summed E-state index contributed by atoms with van der Waals surface area (Å²) in [6.45, 7) is 7.62. The molecule has 0 saturated carbocycles. The molecular formula is C12H18BrNS. The molecule has 0 amide bonds. The molecule has 0 aliphatic heterocycles. The summed E-state index contributed by atoms with van der Waals surface area (Å²) < 4.78 is 1.14. The summed E-state index contributed by atoms with van der Waals surface area (Å²) in [6.07, 6.45) is 0. The molecule has 0 radical (unpaired) electrons. The molecule has 0 atom stereocenters. The normalized spacial score (nSPS) is 11.7. The van der Waals surface area contributed by atoms with Crippen molar-refractivity contribution in [3.8, 4) is 0 Å². The molecule has 0 fully saturated rings. The summed E-state index contributed by atoms with van der Waals surface area (Å²) >= 11 is 5.32. The highest BCUT2D eigenvalue weighted by Gasteiger charge is 2.07. The molecule has 15 heavy (non-hydrogen) atoms. The maximum Gasteiger partial charge on any atom is 0.0176 e. The summed E-state index contributed by atoms with van der Waals surface area (Å²) in [5, 5.41) is 3.47. The highest BCUT2D eigenvalue weighted by Crippen LogP contribution is 2.20. The smallest absolute Gasteiger partial charge is 0.0176 e. The molecule has 0 unspecified atom stereocenters. The Bertz CT molecular complexity index is 289. The molecule has 0 saturated heterocycles. The van der Waals surface area contributed by atoms with E-state index in [1.165, 1.54) is 4.90 Å². The Morgan fingerprint density at radius 3 is 2.33 bits per heavy atom. The first kappa shape index (κ1) is 13.1. The van der Waals surface area contributed by atoms with E-state index in [2.05, 4.69) is 66.3 Å². The van der Waals surface area contributed by atoms with E-state index in [4.69, 9.17) is 0 Å². The van der Waals surface area contributed by atoms with E-state index < -0.39 is 0 Å². The molecule has 0 bridgehead atoms. The maximum absolute atomic E-state index is 3.47. The largest absolute Gasteiger partial charge is 0.311 e. The van der Waals surface area contributed by atoms with Crippen LogP contribution in [-0.4, -0.2) is 17.8 Å². The third-order valence-electron chi connectivity index (χ3n) is 1.84. The number of halogens is 1. The molecule has 0 aliphatic carbocycles. The van der Waals surface area contributed by atoms with Gasteiger partial charge in [0.1, 0.15) is 0 Å². The quantitative estimate of drug-likeness (QED) is 0.665. The number of rotatable bonds is 4. The average molecular weight is 288 g/mol. The van der Waals surface area contributed by atoms with Gasteiger partial charge in [0, 0.05) is 27.2 Å². The maximum atomic E-state index is 3.47. The van der Waals surface area contributed by atoms with Gasteiger partial charge in [0.05, 0.1) is 0 Å². The van der Waals surface area contributed by atoms with Gasteiger partial charge >= 0.3 is 0 Å². The van der Waals surface area contributed by atoms with E-state index in [1.54, 1.807) is 0 Å². The van der Waals surface area contributed by atoms with Gasteiger partial charge < -0.3 is 5.32 Å². The predicted octanol–water partition coefficient (Wildman–Crippen LogP) is 3.93. The highest BCUT2D eigenvalue weighted by molar-refractivity contribution is 9.10. The average Bonchev–Trinajstić information content (AvgIpc) is 2.14. The lowest BCUT2D eigenvalue weighted by Crippen LogP contribution is -2.37. The lowest BCUT2D eigenvalue weighted by Gasteiger charge is -2.20. The van der Waals surface area contributed by atoms with Crippen molar-refractivity contribution in [2.45, 2.75) is 31.2 Å². The Morgan fingerprint density at radius 1 is 1.20 bits per heavy atom. The van der Waals surface area contributed by atoms with E-state index >= 15 is 0 Å². The zero-order valence-corrected chi connectivity index (χ0v) is 11.9. The molecule has 1 aromatic carbocycles. The highest BCUT2D eigenvalue weighted by atomic mass is 79.9. The van der Waals surface area contributed by atoms with Crippen LogP contribution in [0.25, 0.3) is 0 Å². The first-order valence-electron chi connectivity index (χ1n) is 5.11. The van der Waals surface area contributed by atoms with Gasteiger partial charge in [0.25, 0.3) is 0 Å². The van der Waals surface area contributed by atoms with E-state index in [-0.39, 0.29) is 5.54 Å². The second-order valence-corrected chi connectivity index (χ2v) is 6.56. The molecule has 84 valence electrons. The fraction of sp³-hybridized carbons (Fsp3) is 0.500. The van der Waals surface area contributed by atoms with E-state index in [9.17, 15) is 0 Å². The molecule has 0 spiro atoms. The van der Waals surface area contributed by atoms with Crippen molar-refractivity contribution in [3.63, 3.8) is 0 Å². The molecule has 1 rings (SSSR count). The van der Waals surface area contributed by atoms with Gasteiger partial charge in [0.2, 0.25) is 0 Å². The number of nitrogens with one attached hydrogen (secondary N) is 1. The standard InChI is InChI=1S/C12H18BrNS/c1-12(2,3)14-8-9-15-11-6-4-10(13)5-7-11/h4-7,14H,8-9H2,1-3H3. The van der Waals surface area contributed by atoms with Crippen molar-refractivity contribution < 1.29 is 0 Å². The monoisotopic (exact) mass is 287 g/mol. The van der Waals surface area contributed by atoms with Gasteiger partial charge in [0.15, 0.2) is 0 Å². The molecule has 0 heterocycles. The van der Waals surface area contributed by atoms with Crippen LogP contribution in [0.5, 0.6) is 0 Å². The second kappa shape index (κ2) is 5.92. The SMILES string of the molecule is CC(C)(C)NCCSc1ccc(Br)cc1. The molecular weight excluding hydrogens is 270 g/mol. The summed E-state index contributed by atoms with van der Waals surface area (Å²) in [5.41, 5.74) is 0.222. The van der Waals surface area contributed by atoms with Crippen molar-refractivity contribution in [3.05, 3.63) is 28.7 Å². The van der Waals surface area contributed by atoms with Gasteiger partial charge in [-0.15, -0.1) is 11.8 Å². The van der Waals surface area contributed by atoms with Crippen molar-refractivity contribution >= 4 is 27.7 Å². The number of hydrogen-bond donors (Lipinski definition) is 1. The van der Waals surface area contributed by atoms with Crippen LogP contribution in [0.4, 0.5) is 0 Å². The van der Waals surface area contributed by atoms with Crippen molar-refractivity contribution in [2.24, 2.45) is 0 Å². The topological polar surface area (TPSA) is 12.0 Å². The van der Waals surface area contributed by atoms with Crippen LogP contribution in [0, 0.1) is 0 Å². The fourth-order valence-electron chi connectivity index (χ4n) is 1.13. The van der Waals surface area contributed by atoms with Crippen LogP contribution in [0.3, 0.4) is 0 Å². The molecule has 1 aromatic rings. The summed E-state index contributed by atoms with van der Waals surface area (Å²) in [5.74, 6) is 1.11. The minimum absolute atomic E-state index is 0.222. The van der Waals surface area contributed by atoms with Crippen LogP contribution >= 0.6 is 27.7 Å². The zero-order valence-electron chi connectivity index (χ0n) is 9.51. The molecule has 1 nitrogen and oxygen atoms in total. The van der Waals surface area contributed by atoms with Crippen LogP contribution in [0.2, 0.25) is 0 Å². The van der Waals surface area contributed by atoms with E-state index in [0.29, 0.717) is 0 Å². The van der Waals surface area contributed by atoms with Crippen LogP contribution in [0.15, 0.2) is 33.6 Å². The first-order valence-corrected chi connectivity index (χ1v) is 6.89.